The van der Waals surface area contributed by atoms with Crippen molar-refractivity contribution in [3.63, 3.8) is 0 Å². The molecule has 1 N–H and O–H groups in total. The number of urea groups is 1. The van der Waals surface area contributed by atoms with Crippen molar-refractivity contribution in [2.45, 2.75) is 5.37 Å². The van der Waals surface area contributed by atoms with Crippen LogP contribution in [0.15, 0.2) is 12.3 Å². The fourth-order valence-corrected chi connectivity index (χ4v) is 1.43. The Morgan fingerprint density at radius 1 is 1.80 bits per heavy atom. The minimum absolute atomic E-state index is 0.0400. The molecule has 56 valence electrons. The predicted molar refractivity (Wildman–Crippen MR) is 42.7 cm³/mol. The molecule has 1 heterocycles. The standard InChI is InChI=1S/C6H10N2OS/c1-8-5(10-2)3-4-7-6(8)9/h3-5H,1-2H3,(H,7,9). The number of thioether (sulfide) groups is 1. The van der Waals surface area contributed by atoms with E-state index in [1.165, 1.54) is 0 Å². The summed E-state index contributed by atoms with van der Waals surface area (Å²) in [5.74, 6) is 0. The van der Waals surface area contributed by atoms with E-state index in [-0.39, 0.29) is 11.4 Å². The second-order valence-corrected chi connectivity index (χ2v) is 3.00. The first-order chi connectivity index (χ1) is 4.75. The average Bonchev–Trinajstić information content (AvgIpc) is 1.95. The lowest BCUT2D eigenvalue weighted by molar-refractivity contribution is 0.211. The van der Waals surface area contributed by atoms with Crippen LogP contribution in [0.25, 0.3) is 0 Å². The van der Waals surface area contributed by atoms with Gasteiger partial charge in [0.1, 0.15) is 0 Å². The van der Waals surface area contributed by atoms with Crippen LogP contribution < -0.4 is 5.32 Å². The maximum atomic E-state index is 10.9. The number of rotatable bonds is 1. The summed E-state index contributed by atoms with van der Waals surface area (Å²) < 4.78 is 0. The molecule has 1 unspecified atom stereocenters. The van der Waals surface area contributed by atoms with E-state index < -0.39 is 0 Å². The van der Waals surface area contributed by atoms with Crippen molar-refractivity contribution >= 4 is 17.8 Å². The molecule has 1 aliphatic heterocycles. The van der Waals surface area contributed by atoms with Crippen LogP contribution in [0.4, 0.5) is 4.79 Å². The summed E-state index contributed by atoms with van der Waals surface area (Å²) in [6, 6.07) is -0.0400. The summed E-state index contributed by atoms with van der Waals surface area (Å²) >= 11 is 1.64. The van der Waals surface area contributed by atoms with Gasteiger partial charge in [-0.1, -0.05) is 0 Å². The number of likely N-dealkylation sites (N-methyl/N-ethyl adjacent to an activating group) is 1. The third-order valence-electron chi connectivity index (χ3n) is 1.41. The van der Waals surface area contributed by atoms with Crippen molar-refractivity contribution in [2.24, 2.45) is 0 Å². The number of hydrogen-bond acceptors (Lipinski definition) is 2. The van der Waals surface area contributed by atoms with Crippen molar-refractivity contribution in [3.05, 3.63) is 12.3 Å². The van der Waals surface area contributed by atoms with Gasteiger partial charge in [-0.3, -0.25) is 0 Å². The lowest BCUT2D eigenvalue weighted by Gasteiger charge is -2.26. The van der Waals surface area contributed by atoms with Crippen LogP contribution >= 0.6 is 11.8 Å². The molecule has 0 spiro atoms. The molecule has 0 aromatic heterocycles. The first-order valence-electron chi connectivity index (χ1n) is 2.98. The highest BCUT2D eigenvalue weighted by Crippen LogP contribution is 2.14. The van der Waals surface area contributed by atoms with Gasteiger partial charge >= 0.3 is 6.03 Å². The Balaban J connectivity index is 2.66. The quantitative estimate of drug-likeness (QED) is 0.613. The normalized spacial score (nSPS) is 24.8. The molecule has 0 radical (unpaired) electrons. The summed E-state index contributed by atoms with van der Waals surface area (Å²) in [7, 11) is 1.78. The van der Waals surface area contributed by atoms with Gasteiger partial charge in [-0.2, -0.15) is 0 Å². The number of nitrogens with zero attached hydrogens (tertiary/aromatic N) is 1. The summed E-state index contributed by atoms with van der Waals surface area (Å²) in [6.45, 7) is 0. The summed E-state index contributed by atoms with van der Waals surface area (Å²) in [5, 5.41) is 2.78. The third-order valence-corrected chi connectivity index (χ3v) is 2.37. The molecular formula is C6H10N2OS. The smallest absolute Gasteiger partial charge is 0.315 e. The predicted octanol–water partition coefficient (Wildman–Crippen LogP) is 0.844. The highest BCUT2D eigenvalue weighted by molar-refractivity contribution is 7.99. The molecule has 0 bridgehead atoms. The van der Waals surface area contributed by atoms with Gasteiger partial charge in [0, 0.05) is 13.2 Å². The number of nitrogens with one attached hydrogen (secondary N) is 1. The fourth-order valence-electron chi connectivity index (χ4n) is 0.785. The molecule has 0 aliphatic carbocycles. The molecule has 0 aromatic carbocycles. The highest BCUT2D eigenvalue weighted by Gasteiger charge is 2.18. The Morgan fingerprint density at radius 2 is 2.50 bits per heavy atom. The number of hydrogen-bond donors (Lipinski definition) is 1. The van der Waals surface area contributed by atoms with Crippen LogP contribution in [-0.4, -0.2) is 29.6 Å². The van der Waals surface area contributed by atoms with E-state index in [0.29, 0.717) is 0 Å². The molecular weight excluding hydrogens is 148 g/mol. The molecule has 0 aromatic rings. The molecule has 4 heteroatoms. The second-order valence-electron chi connectivity index (χ2n) is 2.05. The molecule has 0 saturated heterocycles. The van der Waals surface area contributed by atoms with Gasteiger partial charge in [0.15, 0.2) is 0 Å². The van der Waals surface area contributed by atoms with Crippen molar-refractivity contribution in [1.29, 1.82) is 0 Å². The van der Waals surface area contributed by atoms with Crippen LogP contribution in [0.1, 0.15) is 0 Å². The number of carbonyl (C=O) groups excluding carboxylic acids is 1. The number of carbonyl (C=O) groups is 1. The Labute approximate surface area is 64.5 Å². The Morgan fingerprint density at radius 3 is 3.00 bits per heavy atom. The van der Waals surface area contributed by atoms with Gasteiger partial charge in [-0.05, 0) is 12.3 Å². The summed E-state index contributed by atoms with van der Waals surface area (Å²) in [4.78, 5) is 12.6. The lowest BCUT2D eigenvalue weighted by atomic mass is 10.5. The van der Waals surface area contributed by atoms with Crippen molar-refractivity contribution < 1.29 is 4.79 Å². The Hall–Kier alpha value is -0.640. The SMILES string of the molecule is CSC1C=CNC(=O)N1C. The number of amides is 2. The molecule has 1 rings (SSSR count). The average molecular weight is 158 g/mol. The Bertz CT molecular complexity index is 169. The molecule has 0 fully saturated rings. The molecule has 0 saturated carbocycles. The van der Waals surface area contributed by atoms with Crippen molar-refractivity contribution in [1.82, 2.24) is 10.2 Å². The third kappa shape index (κ3) is 1.26. The zero-order valence-corrected chi connectivity index (χ0v) is 6.81. The Kier molecular flexibility index (Phi) is 2.21. The fraction of sp³-hybridized carbons (Fsp3) is 0.500. The minimum Gasteiger partial charge on any atom is -0.315 e. The van der Waals surface area contributed by atoms with Gasteiger partial charge < -0.3 is 10.2 Å². The van der Waals surface area contributed by atoms with E-state index in [1.54, 1.807) is 29.9 Å². The van der Waals surface area contributed by atoms with Gasteiger partial charge in [-0.25, -0.2) is 4.79 Å². The van der Waals surface area contributed by atoms with Gasteiger partial charge in [0.05, 0.1) is 5.37 Å². The second kappa shape index (κ2) is 2.96. The van der Waals surface area contributed by atoms with E-state index in [4.69, 9.17) is 0 Å². The zero-order valence-electron chi connectivity index (χ0n) is 6.00. The zero-order chi connectivity index (χ0) is 7.56. The van der Waals surface area contributed by atoms with E-state index in [1.807, 2.05) is 12.3 Å². The van der Waals surface area contributed by atoms with E-state index >= 15 is 0 Å². The first kappa shape index (κ1) is 7.47. The monoisotopic (exact) mass is 158 g/mol. The van der Waals surface area contributed by atoms with Crippen LogP contribution in [0.5, 0.6) is 0 Å². The maximum Gasteiger partial charge on any atom is 0.322 e. The largest absolute Gasteiger partial charge is 0.322 e. The minimum atomic E-state index is -0.0400. The van der Waals surface area contributed by atoms with Crippen LogP contribution in [0.3, 0.4) is 0 Å². The van der Waals surface area contributed by atoms with E-state index in [9.17, 15) is 4.79 Å². The molecule has 2 amide bonds. The van der Waals surface area contributed by atoms with Crippen molar-refractivity contribution in [2.75, 3.05) is 13.3 Å². The van der Waals surface area contributed by atoms with Gasteiger partial charge in [0.25, 0.3) is 0 Å². The van der Waals surface area contributed by atoms with Gasteiger partial charge in [0.2, 0.25) is 0 Å². The molecule has 10 heavy (non-hydrogen) atoms. The topological polar surface area (TPSA) is 32.3 Å². The van der Waals surface area contributed by atoms with Crippen LogP contribution in [-0.2, 0) is 0 Å². The van der Waals surface area contributed by atoms with Crippen LogP contribution in [0, 0.1) is 0 Å². The summed E-state index contributed by atoms with van der Waals surface area (Å²) in [6.07, 6.45) is 5.61. The van der Waals surface area contributed by atoms with E-state index in [2.05, 4.69) is 5.32 Å². The van der Waals surface area contributed by atoms with Crippen molar-refractivity contribution in [3.8, 4) is 0 Å². The highest BCUT2D eigenvalue weighted by atomic mass is 32.2. The molecule has 1 aliphatic rings. The molecule has 3 nitrogen and oxygen atoms in total. The van der Waals surface area contributed by atoms with Gasteiger partial charge in [-0.15, -0.1) is 11.8 Å². The summed E-state index contributed by atoms with van der Waals surface area (Å²) in [5.41, 5.74) is 0. The van der Waals surface area contributed by atoms with Crippen LogP contribution in [0.2, 0.25) is 0 Å². The maximum absolute atomic E-state index is 10.9. The van der Waals surface area contributed by atoms with E-state index in [0.717, 1.165) is 0 Å². The lowest BCUT2D eigenvalue weighted by Crippen LogP contribution is -2.42. The first-order valence-corrected chi connectivity index (χ1v) is 4.27. The molecule has 1 atom stereocenters.